The first-order valence-corrected chi connectivity index (χ1v) is 11.2. The lowest BCUT2D eigenvalue weighted by Gasteiger charge is -2.13. The SMILES string of the molecule is C=C(C)c1cc(Oc2c(I)cc(N/N=C(\C#N)C(=O)NC(=O)OCC)cc2I)ccc1O. The van der Waals surface area contributed by atoms with E-state index in [2.05, 4.69) is 67.0 Å². The highest BCUT2D eigenvalue weighted by Gasteiger charge is 2.16. The predicted molar refractivity (Wildman–Crippen MR) is 137 cm³/mol. The molecule has 2 rings (SSSR count). The second-order valence-electron chi connectivity index (χ2n) is 6.19. The van der Waals surface area contributed by atoms with Gasteiger partial charge in [-0.2, -0.15) is 10.4 Å². The number of carbonyl (C=O) groups is 2. The molecule has 2 aromatic rings. The molecule has 0 bridgehead atoms. The number of ether oxygens (including phenoxy) is 2. The lowest BCUT2D eigenvalue weighted by atomic mass is 10.1. The topological polar surface area (TPSA) is 133 Å². The van der Waals surface area contributed by atoms with Crippen molar-refractivity contribution in [3.63, 3.8) is 0 Å². The number of nitrogens with one attached hydrogen (secondary N) is 2. The van der Waals surface area contributed by atoms with Gasteiger partial charge in [-0.05, 0) is 94.9 Å². The van der Waals surface area contributed by atoms with Gasteiger partial charge in [-0.1, -0.05) is 6.58 Å². The maximum atomic E-state index is 11.9. The summed E-state index contributed by atoms with van der Waals surface area (Å²) in [6, 6.07) is 9.92. The summed E-state index contributed by atoms with van der Waals surface area (Å²) in [5, 5.41) is 24.7. The van der Waals surface area contributed by atoms with E-state index in [0.717, 1.165) is 7.14 Å². The molecule has 0 saturated heterocycles. The average molecular weight is 660 g/mol. The predicted octanol–water partition coefficient (Wildman–Crippen LogP) is 4.99. The summed E-state index contributed by atoms with van der Waals surface area (Å²) in [5.74, 6) is 0.243. The number of hydrogen-bond acceptors (Lipinski definition) is 8. The van der Waals surface area contributed by atoms with E-state index in [4.69, 9.17) is 10.00 Å². The molecule has 3 N–H and O–H groups in total. The minimum Gasteiger partial charge on any atom is -0.507 e. The highest BCUT2D eigenvalue weighted by atomic mass is 127. The number of hydrazone groups is 1. The highest BCUT2D eigenvalue weighted by Crippen LogP contribution is 2.36. The van der Waals surface area contributed by atoms with Crippen LogP contribution in [-0.2, 0) is 9.53 Å². The Morgan fingerprint density at radius 1 is 1.25 bits per heavy atom. The van der Waals surface area contributed by atoms with E-state index in [0.29, 0.717) is 28.3 Å². The molecule has 0 saturated carbocycles. The van der Waals surface area contributed by atoms with Crippen molar-refractivity contribution in [3.8, 4) is 23.3 Å². The van der Waals surface area contributed by atoms with Crippen molar-refractivity contribution in [1.82, 2.24) is 5.32 Å². The first-order valence-electron chi connectivity index (χ1n) is 9.04. The van der Waals surface area contributed by atoms with Crippen LogP contribution in [0.1, 0.15) is 19.4 Å². The number of allylic oxidation sites excluding steroid dienone is 1. The zero-order chi connectivity index (χ0) is 23.8. The monoisotopic (exact) mass is 660 g/mol. The molecule has 0 aliphatic carbocycles. The maximum absolute atomic E-state index is 11.9. The molecule has 11 heteroatoms. The fourth-order valence-corrected chi connectivity index (χ4v) is 4.31. The molecule has 0 aliphatic heterocycles. The summed E-state index contributed by atoms with van der Waals surface area (Å²) in [6.45, 7) is 7.30. The third kappa shape index (κ3) is 6.82. The number of nitriles is 1. The van der Waals surface area contributed by atoms with Crippen LogP contribution in [0.25, 0.3) is 5.57 Å². The molecule has 0 unspecified atom stereocenters. The van der Waals surface area contributed by atoms with Crippen LogP contribution in [-0.4, -0.2) is 29.4 Å². The van der Waals surface area contributed by atoms with Gasteiger partial charge in [0.15, 0.2) is 5.75 Å². The summed E-state index contributed by atoms with van der Waals surface area (Å²) in [4.78, 5) is 23.2. The highest BCUT2D eigenvalue weighted by molar-refractivity contribution is 14.1. The minimum atomic E-state index is -0.983. The quantitative estimate of drug-likeness (QED) is 0.217. The van der Waals surface area contributed by atoms with Gasteiger partial charge in [-0.25, -0.2) is 4.79 Å². The number of phenolic OH excluding ortho intramolecular Hbond substituents is 1. The minimum absolute atomic E-state index is 0.0837. The van der Waals surface area contributed by atoms with Crippen molar-refractivity contribution in [2.75, 3.05) is 12.0 Å². The Bertz CT molecular complexity index is 1120. The molecule has 166 valence electrons. The van der Waals surface area contributed by atoms with E-state index >= 15 is 0 Å². The number of anilines is 1. The van der Waals surface area contributed by atoms with E-state index in [1.165, 1.54) is 6.07 Å². The van der Waals surface area contributed by atoms with Crippen molar-refractivity contribution in [3.05, 3.63) is 49.6 Å². The van der Waals surface area contributed by atoms with Gasteiger partial charge in [0.2, 0.25) is 5.71 Å². The van der Waals surface area contributed by atoms with Crippen LogP contribution < -0.4 is 15.5 Å². The Kier molecular flexibility index (Phi) is 9.27. The van der Waals surface area contributed by atoms with Crippen LogP contribution in [0.4, 0.5) is 10.5 Å². The Morgan fingerprint density at radius 3 is 2.47 bits per heavy atom. The smallest absolute Gasteiger partial charge is 0.414 e. The van der Waals surface area contributed by atoms with E-state index in [1.807, 2.05) is 5.32 Å². The zero-order valence-corrected chi connectivity index (χ0v) is 21.3. The number of imide groups is 1. The van der Waals surface area contributed by atoms with Crippen molar-refractivity contribution in [2.24, 2.45) is 5.10 Å². The summed E-state index contributed by atoms with van der Waals surface area (Å²) >= 11 is 4.16. The van der Waals surface area contributed by atoms with Crippen LogP contribution in [0.5, 0.6) is 17.2 Å². The summed E-state index contributed by atoms with van der Waals surface area (Å²) in [6.07, 6.45) is -0.963. The van der Waals surface area contributed by atoms with Gasteiger partial charge in [0.25, 0.3) is 5.91 Å². The molecule has 0 aliphatic rings. The number of rotatable bonds is 7. The summed E-state index contributed by atoms with van der Waals surface area (Å²) in [5.41, 5.74) is 3.88. The third-order valence-electron chi connectivity index (χ3n) is 3.75. The molecule has 2 aromatic carbocycles. The zero-order valence-electron chi connectivity index (χ0n) is 17.0. The van der Waals surface area contributed by atoms with Gasteiger partial charge >= 0.3 is 6.09 Å². The van der Waals surface area contributed by atoms with Crippen LogP contribution in [0.2, 0.25) is 0 Å². The summed E-state index contributed by atoms with van der Waals surface area (Å²) < 4.78 is 12.1. The molecule has 32 heavy (non-hydrogen) atoms. The number of amides is 2. The fraction of sp³-hybridized carbons (Fsp3) is 0.143. The molecule has 0 spiro atoms. The number of benzene rings is 2. The van der Waals surface area contributed by atoms with Crippen molar-refractivity contribution < 1.29 is 24.2 Å². The molecular formula is C21H18I2N4O5. The second-order valence-corrected chi connectivity index (χ2v) is 8.51. The average Bonchev–Trinajstić information content (AvgIpc) is 2.72. The number of nitrogens with zero attached hydrogens (tertiary/aromatic N) is 2. The van der Waals surface area contributed by atoms with Crippen LogP contribution in [0.3, 0.4) is 0 Å². The van der Waals surface area contributed by atoms with Crippen LogP contribution in [0.15, 0.2) is 42.0 Å². The van der Waals surface area contributed by atoms with Gasteiger partial charge in [0, 0.05) is 5.56 Å². The Labute approximate surface area is 211 Å². The summed E-state index contributed by atoms with van der Waals surface area (Å²) in [7, 11) is 0. The Hall–Kier alpha value is -2.86. The molecule has 0 radical (unpaired) electrons. The number of hydrogen-bond donors (Lipinski definition) is 3. The Morgan fingerprint density at radius 2 is 1.91 bits per heavy atom. The standard InChI is InChI=1S/C21H18I2N4O5/c1-4-31-21(30)25-20(29)17(10-24)27-26-12-7-15(22)19(16(23)8-12)32-13-5-6-18(28)14(9-13)11(2)3/h5-9,26,28H,2,4H2,1,3H3,(H,25,29,30)/b27-17+. The third-order valence-corrected chi connectivity index (χ3v) is 5.36. The lowest BCUT2D eigenvalue weighted by Crippen LogP contribution is -2.36. The van der Waals surface area contributed by atoms with E-state index in [9.17, 15) is 14.7 Å². The van der Waals surface area contributed by atoms with Gasteiger partial charge in [0.05, 0.1) is 19.4 Å². The van der Waals surface area contributed by atoms with E-state index in [-0.39, 0.29) is 12.4 Å². The van der Waals surface area contributed by atoms with Crippen molar-refractivity contribution >= 4 is 74.2 Å². The number of alkyl carbamates (subject to hydrolysis) is 1. The first kappa shape index (κ1) is 25.4. The number of aromatic hydroxyl groups is 1. The molecule has 0 aromatic heterocycles. The van der Waals surface area contributed by atoms with E-state index in [1.54, 1.807) is 44.2 Å². The lowest BCUT2D eigenvalue weighted by molar-refractivity contribution is -0.114. The maximum Gasteiger partial charge on any atom is 0.414 e. The van der Waals surface area contributed by atoms with Crippen LogP contribution >= 0.6 is 45.2 Å². The van der Waals surface area contributed by atoms with Crippen LogP contribution in [0, 0.1) is 18.5 Å². The largest absolute Gasteiger partial charge is 0.507 e. The molecule has 9 nitrogen and oxygen atoms in total. The molecule has 0 atom stereocenters. The number of phenols is 1. The molecule has 0 heterocycles. The number of halogens is 2. The van der Waals surface area contributed by atoms with Gasteiger partial charge in [0.1, 0.15) is 17.6 Å². The van der Waals surface area contributed by atoms with Crippen molar-refractivity contribution in [2.45, 2.75) is 13.8 Å². The second kappa shape index (κ2) is 11.7. The van der Waals surface area contributed by atoms with Crippen molar-refractivity contribution in [1.29, 1.82) is 5.26 Å². The molecule has 2 amide bonds. The van der Waals surface area contributed by atoms with Gasteiger partial charge in [-0.3, -0.25) is 15.5 Å². The Balaban J connectivity index is 2.20. The number of carbonyl (C=O) groups excluding carboxylic acids is 2. The first-order chi connectivity index (χ1) is 15.2. The molecule has 0 fully saturated rings. The normalized spacial score (nSPS) is 10.7. The fourth-order valence-electron chi connectivity index (χ4n) is 2.33. The molecular weight excluding hydrogens is 642 g/mol. The van der Waals surface area contributed by atoms with Gasteiger partial charge < -0.3 is 14.6 Å². The van der Waals surface area contributed by atoms with E-state index < -0.39 is 17.7 Å². The van der Waals surface area contributed by atoms with Gasteiger partial charge in [-0.15, -0.1) is 0 Å².